The molecule has 1 saturated carbocycles. The highest BCUT2D eigenvalue weighted by molar-refractivity contribution is 5.75. The first-order valence-corrected chi connectivity index (χ1v) is 6.13. The third kappa shape index (κ3) is 3.01. The zero-order valence-corrected chi connectivity index (χ0v) is 10.4. The van der Waals surface area contributed by atoms with Crippen molar-refractivity contribution in [3.05, 3.63) is 6.33 Å². The summed E-state index contributed by atoms with van der Waals surface area (Å²) in [4.78, 5) is 13.9. The van der Waals surface area contributed by atoms with Gasteiger partial charge in [0.15, 0.2) is 0 Å². The van der Waals surface area contributed by atoms with Crippen LogP contribution in [0.3, 0.4) is 0 Å². The molecule has 0 bridgehead atoms. The topological polar surface area (TPSA) is 63.9 Å². The molecule has 1 aliphatic rings. The third-order valence-corrected chi connectivity index (χ3v) is 3.62. The van der Waals surface area contributed by atoms with Gasteiger partial charge in [0, 0.05) is 13.1 Å². The van der Waals surface area contributed by atoms with Gasteiger partial charge in [0.05, 0.1) is 0 Å². The molecule has 1 fully saturated rings. The Morgan fingerprint density at radius 1 is 1.41 bits per heavy atom. The summed E-state index contributed by atoms with van der Waals surface area (Å²) in [5, 5.41) is 10.7. The number of hydrogen-bond acceptors (Lipinski definition) is 4. The number of rotatable bonds is 3. The van der Waals surface area contributed by atoms with Crippen LogP contribution in [0.1, 0.15) is 32.6 Å². The number of nitrogens with zero attached hydrogens (tertiary/aromatic N) is 5. The minimum absolute atomic E-state index is 0.0804. The molecule has 1 amide bonds. The molecule has 6 nitrogen and oxygen atoms in total. The maximum atomic E-state index is 12.0. The first-order valence-electron chi connectivity index (χ1n) is 6.13. The first-order chi connectivity index (χ1) is 8.16. The summed E-state index contributed by atoms with van der Waals surface area (Å²) in [5.74, 6) is 0.881. The number of amides is 1. The van der Waals surface area contributed by atoms with Crippen LogP contribution in [0.5, 0.6) is 0 Å². The Morgan fingerprint density at radius 3 is 2.71 bits per heavy atom. The molecule has 0 aromatic carbocycles. The van der Waals surface area contributed by atoms with E-state index in [9.17, 15) is 4.79 Å². The molecule has 0 unspecified atom stereocenters. The van der Waals surface area contributed by atoms with E-state index in [1.807, 2.05) is 11.9 Å². The number of hydrogen-bond donors (Lipinski definition) is 0. The molecule has 2 rings (SSSR count). The lowest BCUT2D eigenvalue weighted by Gasteiger charge is -2.33. The van der Waals surface area contributed by atoms with Crippen molar-refractivity contribution in [1.29, 1.82) is 0 Å². The Hall–Kier alpha value is -1.46. The summed E-state index contributed by atoms with van der Waals surface area (Å²) in [6, 6.07) is 0.384. The Bertz CT molecular complexity index is 356. The number of carbonyl (C=O) groups is 1. The van der Waals surface area contributed by atoms with E-state index in [4.69, 9.17) is 0 Å². The fraction of sp³-hybridized carbons (Fsp3) is 0.818. The third-order valence-electron chi connectivity index (χ3n) is 3.62. The summed E-state index contributed by atoms with van der Waals surface area (Å²) >= 11 is 0. The van der Waals surface area contributed by atoms with Crippen LogP contribution in [0.4, 0.5) is 0 Å². The van der Waals surface area contributed by atoms with Gasteiger partial charge >= 0.3 is 0 Å². The summed E-state index contributed by atoms with van der Waals surface area (Å²) in [5.41, 5.74) is 0. The standard InChI is InChI=1S/C11H19N5O/c1-9-3-5-10(6-4-9)15(2)11(17)7-16-8-12-13-14-16/h8-10H,3-7H2,1-2H3. The van der Waals surface area contributed by atoms with E-state index in [1.54, 1.807) is 0 Å². The minimum Gasteiger partial charge on any atom is -0.341 e. The quantitative estimate of drug-likeness (QED) is 0.776. The van der Waals surface area contributed by atoms with E-state index < -0.39 is 0 Å². The maximum Gasteiger partial charge on any atom is 0.244 e. The normalized spacial score (nSPS) is 24.6. The van der Waals surface area contributed by atoms with Crippen LogP contribution in [0.25, 0.3) is 0 Å². The predicted octanol–water partition coefficient (Wildman–Crippen LogP) is 0.710. The van der Waals surface area contributed by atoms with Crippen molar-refractivity contribution in [3.63, 3.8) is 0 Å². The Balaban J connectivity index is 1.86. The van der Waals surface area contributed by atoms with Crippen molar-refractivity contribution >= 4 is 5.91 Å². The second-order valence-corrected chi connectivity index (χ2v) is 4.93. The molecule has 0 spiro atoms. The number of likely N-dealkylation sites (N-methyl/N-ethyl adjacent to an activating group) is 1. The molecular formula is C11H19N5O. The van der Waals surface area contributed by atoms with Gasteiger partial charge in [0.2, 0.25) is 5.91 Å². The molecule has 0 N–H and O–H groups in total. The molecule has 1 heterocycles. The fourth-order valence-electron chi connectivity index (χ4n) is 2.34. The van der Waals surface area contributed by atoms with Gasteiger partial charge < -0.3 is 4.90 Å². The van der Waals surface area contributed by atoms with Gasteiger partial charge in [-0.3, -0.25) is 4.79 Å². The van der Waals surface area contributed by atoms with Gasteiger partial charge in [-0.1, -0.05) is 6.92 Å². The molecule has 17 heavy (non-hydrogen) atoms. The summed E-state index contributed by atoms with van der Waals surface area (Å²) in [7, 11) is 1.88. The Labute approximate surface area is 101 Å². The van der Waals surface area contributed by atoms with E-state index in [0.29, 0.717) is 6.04 Å². The van der Waals surface area contributed by atoms with Crippen LogP contribution >= 0.6 is 0 Å². The summed E-state index contributed by atoms with van der Waals surface area (Å²) in [6.07, 6.45) is 6.12. The molecule has 0 radical (unpaired) electrons. The van der Waals surface area contributed by atoms with Crippen LogP contribution < -0.4 is 0 Å². The van der Waals surface area contributed by atoms with E-state index in [1.165, 1.54) is 23.9 Å². The van der Waals surface area contributed by atoms with Gasteiger partial charge in [-0.05, 0) is 42.0 Å². The second kappa shape index (κ2) is 5.25. The van der Waals surface area contributed by atoms with Crippen molar-refractivity contribution < 1.29 is 4.79 Å². The number of carbonyl (C=O) groups excluding carboxylic acids is 1. The number of aromatic nitrogens is 4. The molecular weight excluding hydrogens is 218 g/mol. The van der Waals surface area contributed by atoms with E-state index in [2.05, 4.69) is 22.4 Å². The highest BCUT2D eigenvalue weighted by Crippen LogP contribution is 2.26. The van der Waals surface area contributed by atoms with Crippen molar-refractivity contribution in [2.75, 3.05) is 7.05 Å². The van der Waals surface area contributed by atoms with Gasteiger partial charge in [0.25, 0.3) is 0 Å². The van der Waals surface area contributed by atoms with Crippen molar-refractivity contribution in [3.8, 4) is 0 Å². The molecule has 1 aromatic rings. The molecule has 1 aromatic heterocycles. The number of tetrazole rings is 1. The lowest BCUT2D eigenvalue weighted by Crippen LogP contribution is -2.41. The zero-order valence-electron chi connectivity index (χ0n) is 10.4. The predicted molar refractivity (Wildman–Crippen MR) is 62.0 cm³/mol. The molecule has 0 atom stereocenters. The maximum absolute atomic E-state index is 12.0. The summed E-state index contributed by atoms with van der Waals surface area (Å²) in [6.45, 7) is 2.51. The van der Waals surface area contributed by atoms with Gasteiger partial charge in [0.1, 0.15) is 12.9 Å². The average Bonchev–Trinajstić information content (AvgIpc) is 2.82. The first kappa shape index (κ1) is 12.0. The van der Waals surface area contributed by atoms with Crippen LogP contribution in [0, 0.1) is 5.92 Å². The highest BCUT2D eigenvalue weighted by atomic mass is 16.2. The van der Waals surface area contributed by atoms with Gasteiger partial charge in [-0.15, -0.1) is 5.10 Å². The molecule has 0 saturated heterocycles. The smallest absolute Gasteiger partial charge is 0.244 e. The largest absolute Gasteiger partial charge is 0.341 e. The summed E-state index contributed by atoms with van der Waals surface area (Å²) < 4.78 is 1.46. The molecule has 94 valence electrons. The average molecular weight is 237 g/mol. The monoisotopic (exact) mass is 237 g/mol. The van der Waals surface area contributed by atoms with Crippen LogP contribution in [0.15, 0.2) is 6.33 Å². The van der Waals surface area contributed by atoms with Crippen molar-refractivity contribution in [2.45, 2.75) is 45.2 Å². The van der Waals surface area contributed by atoms with Crippen molar-refractivity contribution in [1.82, 2.24) is 25.1 Å². The van der Waals surface area contributed by atoms with Gasteiger partial charge in [-0.25, -0.2) is 4.68 Å². The fourth-order valence-corrected chi connectivity index (χ4v) is 2.34. The lowest BCUT2D eigenvalue weighted by atomic mass is 9.87. The van der Waals surface area contributed by atoms with E-state index >= 15 is 0 Å². The highest BCUT2D eigenvalue weighted by Gasteiger charge is 2.24. The second-order valence-electron chi connectivity index (χ2n) is 4.93. The lowest BCUT2D eigenvalue weighted by molar-refractivity contribution is -0.133. The molecule has 1 aliphatic carbocycles. The van der Waals surface area contributed by atoms with Crippen LogP contribution in [-0.4, -0.2) is 44.1 Å². The molecule has 0 aliphatic heterocycles. The van der Waals surface area contributed by atoms with Crippen LogP contribution in [-0.2, 0) is 11.3 Å². The van der Waals surface area contributed by atoms with Gasteiger partial charge in [-0.2, -0.15) is 0 Å². The van der Waals surface area contributed by atoms with Crippen LogP contribution in [0.2, 0.25) is 0 Å². The van der Waals surface area contributed by atoms with Crippen molar-refractivity contribution in [2.24, 2.45) is 5.92 Å². The molecule has 6 heteroatoms. The Kier molecular flexibility index (Phi) is 3.71. The SMILES string of the molecule is CC1CCC(N(C)C(=O)Cn2cnnn2)CC1. The van der Waals surface area contributed by atoms with E-state index in [-0.39, 0.29) is 12.5 Å². The van der Waals surface area contributed by atoms with E-state index in [0.717, 1.165) is 18.8 Å². The minimum atomic E-state index is 0.0804. The zero-order chi connectivity index (χ0) is 12.3. The Morgan fingerprint density at radius 2 is 2.12 bits per heavy atom.